The molecule has 0 saturated heterocycles. The highest BCUT2D eigenvalue weighted by Crippen LogP contribution is 2.15. The summed E-state index contributed by atoms with van der Waals surface area (Å²) in [6, 6.07) is 0. The molecule has 1 N–H and O–H groups in total. The Bertz CT molecular complexity index is 420. The van der Waals surface area contributed by atoms with E-state index in [0.29, 0.717) is 11.5 Å². The Morgan fingerprint density at radius 1 is 1.56 bits per heavy atom. The summed E-state index contributed by atoms with van der Waals surface area (Å²) in [6.45, 7) is 2.20. The Morgan fingerprint density at radius 2 is 2.28 bits per heavy atom. The lowest BCUT2D eigenvalue weighted by atomic mass is 10.4. The van der Waals surface area contributed by atoms with E-state index in [2.05, 4.69) is 4.98 Å². The van der Waals surface area contributed by atoms with E-state index in [1.54, 1.807) is 18.4 Å². The number of thioether (sulfide) groups is 1. The van der Waals surface area contributed by atoms with E-state index in [0.717, 1.165) is 10.7 Å². The third-order valence-corrected chi connectivity index (χ3v) is 4.00. The van der Waals surface area contributed by atoms with Crippen molar-refractivity contribution < 1.29 is 14.7 Å². The lowest BCUT2D eigenvalue weighted by Gasteiger charge is -2.15. The van der Waals surface area contributed by atoms with Gasteiger partial charge in [-0.25, -0.2) is 4.98 Å². The first-order chi connectivity index (χ1) is 8.49. The number of rotatable bonds is 7. The van der Waals surface area contributed by atoms with Crippen LogP contribution in [0.5, 0.6) is 0 Å². The Balaban J connectivity index is 2.22. The normalized spacial score (nSPS) is 10.3. The highest BCUT2D eigenvalue weighted by Gasteiger charge is 2.10. The third kappa shape index (κ3) is 5.50. The van der Waals surface area contributed by atoms with E-state index in [9.17, 15) is 9.59 Å². The largest absolute Gasteiger partial charge is 0.481 e. The average molecular weight is 288 g/mol. The van der Waals surface area contributed by atoms with Gasteiger partial charge in [0.15, 0.2) is 0 Å². The van der Waals surface area contributed by atoms with Gasteiger partial charge >= 0.3 is 5.97 Å². The van der Waals surface area contributed by atoms with Crippen molar-refractivity contribution in [3.8, 4) is 0 Å². The number of hydrogen-bond acceptors (Lipinski definition) is 5. The molecule has 7 heteroatoms. The van der Waals surface area contributed by atoms with Gasteiger partial charge in [0, 0.05) is 24.7 Å². The second-order valence-corrected chi connectivity index (χ2v) is 5.86. The van der Waals surface area contributed by atoms with Gasteiger partial charge in [-0.05, 0) is 6.92 Å². The SMILES string of the molecule is Cc1nc(CSCC(=O)N(C)CCC(=O)O)cs1. The second-order valence-electron chi connectivity index (χ2n) is 3.81. The van der Waals surface area contributed by atoms with Crippen LogP contribution in [-0.2, 0) is 15.3 Å². The molecule has 1 heterocycles. The minimum atomic E-state index is -0.889. The fourth-order valence-corrected chi connectivity index (χ4v) is 2.79. The number of aliphatic carboxylic acids is 1. The molecule has 0 aliphatic carbocycles. The first-order valence-corrected chi connectivity index (χ1v) is 7.47. The number of amides is 1. The zero-order chi connectivity index (χ0) is 13.5. The predicted octanol–water partition coefficient (Wildman–Crippen LogP) is 1.62. The zero-order valence-electron chi connectivity index (χ0n) is 10.4. The van der Waals surface area contributed by atoms with E-state index >= 15 is 0 Å². The monoisotopic (exact) mass is 288 g/mol. The summed E-state index contributed by atoms with van der Waals surface area (Å²) in [5.74, 6) is 0.128. The van der Waals surface area contributed by atoms with E-state index in [4.69, 9.17) is 5.11 Å². The number of carbonyl (C=O) groups excluding carboxylic acids is 1. The molecule has 0 fully saturated rings. The van der Waals surface area contributed by atoms with Gasteiger partial charge in [0.05, 0.1) is 22.9 Å². The molecule has 5 nitrogen and oxygen atoms in total. The third-order valence-electron chi connectivity index (χ3n) is 2.23. The van der Waals surface area contributed by atoms with E-state index < -0.39 is 5.97 Å². The van der Waals surface area contributed by atoms with Crippen LogP contribution in [-0.4, -0.2) is 46.2 Å². The van der Waals surface area contributed by atoms with Crippen LogP contribution in [0.25, 0.3) is 0 Å². The molecule has 1 rings (SSSR count). The number of aryl methyl sites for hydroxylation is 1. The molecule has 0 unspecified atom stereocenters. The van der Waals surface area contributed by atoms with Crippen molar-refractivity contribution >= 4 is 35.0 Å². The van der Waals surface area contributed by atoms with Gasteiger partial charge in [-0.2, -0.15) is 0 Å². The topological polar surface area (TPSA) is 70.5 Å². The van der Waals surface area contributed by atoms with Crippen LogP contribution in [0.15, 0.2) is 5.38 Å². The van der Waals surface area contributed by atoms with Crippen LogP contribution in [0.1, 0.15) is 17.1 Å². The molecular formula is C11H16N2O3S2. The maximum absolute atomic E-state index is 11.6. The summed E-state index contributed by atoms with van der Waals surface area (Å²) in [5.41, 5.74) is 0.989. The minimum absolute atomic E-state index is 0.0157. The summed E-state index contributed by atoms with van der Waals surface area (Å²) in [7, 11) is 1.62. The number of aromatic nitrogens is 1. The molecule has 0 aliphatic heterocycles. The molecule has 18 heavy (non-hydrogen) atoms. The number of carboxylic acids is 1. The number of carbonyl (C=O) groups is 2. The fourth-order valence-electron chi connectivity index (χ4n) is 1.22. The molecule has 0 radical (unpaired) electrons. The van der Waals surface area contributed by atoms with Crippen LogP contribution in [0.2, 0.25) is 0 Å². The minimum Gasteiger partial charge on any atom is -0.481 e. The van der Waals surface area contributed by atoms with Crippen LogP contribution in [0, 0.1) is 6.92 Å². The highest BCUT2D eigenvalue weighted by molar-refractivity contribution is 7.99. The van der Waals surface area contributed by atoms with Crippen molar-refractivity contribution in [1.82, 2.24) is 9.88 Å². The average Bonchev–Trinajstić information content (AvgIpc) is 2.71. The van der Waals surface area contributed by atoms with Crippen molar-refractivity contribution in [2.75, 3.05) is 19.3 Å². The molecule has 0 saturated carbocycles. The molecule has 0 aliphatic rings. The van der Waals surface area contributed by atoms with Gasteiger partial charge in [0.25, 0.3) is 0 Å². The van der Waals surface area contributed by atoms with Crippen LogP contribution < -0.4 is 0 Å². The Kier molecular flexibility index (Phi) is 6.14. The molecule has 0 spiro atoms. The summed E-state index contributed by atoms with van der Waals surface area (Å²) < 4.78 is 0. The van der Waals surface area contributed by atoms with Gasteiger partial charge in [-0.15, -0.1) is 23.1 Å². The molecule has 0 atom stereocenters. The van der Waals surface area contributed by atoms with Gasteiger partial charge in [0.1, 0.15) is 0 Å². The smallest absolute Gasteiger partial charge is 0.305 e. The van der Waals surface area contributed by atoms with E-state index in [1.165, 1.54) is 16.7 Å². The van der Waals surface area contributed by atoms with Crippen LogP contribution in [0.3, 0.4) is 0 Å². The zero-order valence-corrected chi connectivity index (χ0v) is 12.0. The second kappa shape index (κ2) is 7.38. The highest BCUT2D eigenvalue weighted by atomic mass is 32.2. The molecule has 100 valence electrons. The number of carboxylic acid groups (broad SMARTS) is 1. The van der Waals surface area contributed by atoms with Crippen molar-refractivity contribution in [1.29, 1.82) is 0 Å². The Labute approximate surface area is 114 Å². The van der Waals surface area contributed by atoms with Crippen LogP contribution in [0.4, 0.5) is 0 Å². The molecule has 1 aromatic rings. The molecule has 1 aromatic heterocycles. The number of nitrogens with zero attached hydrogens (tertiary/aromatic N) is 2. The maximum atomic E-state index is 11.6. The van der Waals surface area contributed by atoms with Gasteiger partial charge < -0.3 is 10.0 Å². The Hall–Kier alpha value is -1.08. The lowest BCUT2D eigenvalue weighted by molar-refractivity contribution is -0.137. The van der Waals surface area contributed by atoms with Crippen molar-refractivity contribution in [2.24, 2.45) is 0 Å². The van der Waals surface area contributed by atoms with Crippen molar-refractivity contribution in [3.05, 3.63) is 16.1 Å². The fraction of sp³-hybridized carbons (Fsp3) is 0.545. The molecule has 0 aromatic carbocycles. The number of hydrogen-bond donors (Lipinski definition) is 1. The van der Waals surface area contributed by atoms with Gasteiger partial charge in [0.2, 0.25) is 5.91 Å². The number of thiazole rings is 1. The lowest BCUT2D eigenvalue weighted by Crippen LogP contribution is -2.30. The Morgan fingerprint density at radius 3 is 2.83 bits per heavy atom. The first kappa shape index (κ1) is 15.0. The summed E-state index contributed by atoms with van der Waals surface area (Å²) in [5, 5.41) is 11.5. The van der Waals surface area contributed by atoms with Crippen molar-refractivity contribution in [3.63, 3.8) is 0 Å². The van der Waals surface area contributed by atoms with Gasteiger partial charge in [-0.1, -0.05) is 0 Å². The van der Waals surface area contributed by atoms with Crippen molar-refractivity contribution in [2.45, 2.75) is 19.1 Å². The standard InChI is InChI=1S/C11H16N2O3S2/c1-8-12-9(6-18-8)5-17-7-10(14)13(2)4-3-11(15)16/h6H,3-5,7H2,1-2H3,(H,15,16). The molecule has 1 amide bonds. The van der Waals surface area contributed by atoms with Gasteiger partial charge in [-0.3, -0.25) is 9.59 Å². The van der Waals surface area contributed by atoms with Crippen LogP contribution >= 0.6 is 23.1 Å². The summed E-state index contributed by atoms with van der Waals surface area (Å²) in [4.78, 5) is 27.8. The molecular weight excluding hydrogens is 272 g/mol. The predicted molar refractivity (Wildman–Crippen MR) is 72.9 cm³/mol. The maximum Gasteiger partial charge on any atom is 0.305 e. The summed E-state index contributed by atoms with van der Waals surface area (Å²) >= 11 is 3.09. The molecule has 0 bridgehead atoms. The summed E-state index contributed by atoms with van der Waals surface area (Å²) in [6.07, 6.45) is -0.0157. The quantitative estimate of drug-likeness (QED) is 0.825. The van der Waals surface area contributed by atoms with E-state index in [-0.39, 0.29) is 18.9 Å². The van der Waals surface area contributed by atoms with E-state index in [1.807, 2.05) is 12.3 Å². The first-order valence-electron chi connectivity index (χ1n) is 5.43.